The normalized spacial score (nSPS) is 10.3. The first-order valence-corrected chi connectivity index (χ1v) is 7.93. The van der Waals surface area contributed by atoms with E-state index in [0.717, 1.165) is 16.4 Å². The van der Waals surface area contributed by atoms with Crippen LogP contribution in [0.15, 0.2) is 54.0 Å². The molecular weight excluding hydrogens is 310 g/mol. The molecule has 0 radical (unpaired) electrons. The Bertz CT molecular complexity index is 802. The lowest BCUT2D eigenvalue weighted by molar-refractivity contribution is 0.0947. The van der Waals surface area contributed by atoms with Gasteiger partial charge in [-0.2, -0.15) is 0 Å². The van der Waals surface area contributed by atoms with E-state index in [1.165, 1.54) is 11.3 Å². The van der Waals surface area contributed by atoms with E-state index < -0.39 is 0 Å². The molecule has 2 aromatic heterocycles. The Morgan fingerprint density at radius 1 is 1.22 bits per heavy atom. The fraction of sp³-hybridized carbons (Fsp3) is 0.118. The number of carbonyl (C=O) groups excluding carboxylic acids is 1. The monoisotopic (exact) mass is 325 g/mol. The van der Waals surface area contributed by atoms with Crippen molar-refractivity contribution in [2.75, 3.05) is 7.11 Å². The van der Waals surface area contributed by atoms with Gasteiger partial charge in [0.2, 0.25) is 0 Å². The fourth-order valence-electron chi connectivity index (χ4n) is 2.09. The second-order valence-corrected chi connectivity index (χ2v) is 5.60. The van der Waals surface area contributed by atoms with Crippen LogP contribution >= 0.6 is 11.3 Å². The number of pyridine rings is 1. The molecule has 3 rings (SSSR count). The lowest BCUT2D eigenvalue weighted by Gasteiger charge is -2.08. The number of rotatable bonds is 5. The minimum atomic E-state index is -0.185. The van der Waals surface area contributed by atoms with Crippen LogP contribution in [-0.2, 0) is 6.54 Å². The summed E-state index contributed by atoms with van der Waals surface area (Å²) in [5, 5.41) is 5.62. The van der Waals surface area contributed by atoms with Crippen LogP contribution < -0.4 is 10.1 Å². The predicted octanol–water partition coefficient (Wildman–Crippen LogP) is 3.14. The fourth-order valence-corrected chi connectivity index (χ4v) is 2.89. The highest BCUT2D eigenvalue weighted by atomic mass is 32.1. The molecule has 0 saturated heterocycles. The summed E-state index contributed by atoms with van der Waals surface area (Å²) in [6, 6.07) is 12.8. The van der Waals surface area contributed by atoms with E-state index in [4.69, 9.17) is 4.74 Å². The zero-order chi connectivity index (χ0) is 16.1. The second kappa shape index (κ2) is 7.02. The molecule has 6 heteroatoms. The van der Waals surface area contributed by atoms with Crippen molar-refractivity contribution >= 4 is 17.2 Å². The Hall–Kier alpha value is -2.73. The molecule has 1 amide bonds. The first-order valence-electron chi connectivity index (χ1n) is 7.05. The van der Waals surface area contributed by atoms with Gasteiger partial charge >= 0.3 is 0 Å². The van der Waals surface area contributed by atoms with Gasteiger partial charge in [0.05, 0.1) is 30.6 Å². The predicted molar refractivity (Wildman–Crippen MR) is 89.5 cm³/mol. The largest absolute Gasteiger partial charge is 0.496 e. The lowest BCUT2D eigenvalue weighted by atomic mass is 10.2. The van der Waals surface area contributed by atoms with Crippen LogP contribution in [0.1, 0.15) is 16.1 Å². The number of para-hydroxylation sites is 1. The minimum Gasteiger partial charge on any atom is -0.496 e. The topological polar surface area (TPSA) is 64.1 Å². The molecular formula is C17H15N3O2S. The molecule has 0 bridgehead atoms. The Balaban J connectivity index is 1.67. The number of aromatic nitrogens is 2. The number of ether oxygens (including phenoxy) is 1. The summed E-state index contributed by atoms with van der Waals surface area (Å²) < 4.78 is 5.20. The minimum absolute atomic E-state index is 0.185. The number of nitrogens with zero attached hydrogens (tertiary/aromatic N) is 2. The number of methoxy groups -OCH3 is 1. The zero-order valence-electron chi connectivity index (χ0n) is 12.5. The van der Waals surface area contributed by atoms with E-state index in [0.29, 0.717) is 17.9 Å². The molecule has 116 valence electrons. The standard InChI is InChI=1S/C17H15N3O2S/c1-22-15-8-3-2-6-13(15)16(21)19-10-12-11-23-17(20-12)14-7-4-5-9-18-14/h2-9,11H,10H2,1H3,(H,19,21). The maximum absolute atomic E-state index is 12.2. The molecule has 2 heterocycles. The highest BCUT2D eigenvalue weighted by Crippen LogP contribution is 2.21. The van der Waals surface area contributed by atoms with Crippen LogP contribution in [0, 0.1) is 0 Å². The number of hydrogen-bond donors (Lipinski definition) is 1. The molecule has 0 atom stereocenters. The van der Waals surface area contributed by atoms with Crippen LogP contribution in [0.5, 0.6) is 5.75 Å². The summed E-state index contributed by atoms with van der Waals surface area (Å²) in [5.74, 6) is 0.368. The zero-order valence-corrected chi connectivity index (χ0v) is 13.3. The van der Waals surface area contributed by atoms with E-state index in [9.17, 15) is 4.79 Å². The maximum Gasteiger partial charge on any atom is 0.255 e. The summed E-state index contributed by atoms with van der Waals surface area (Å²) in [6.07, 6.45) is 1.74. The van der Waals surface area contributed by atoms with Crippen molar-refractivity contribution in [3.8, 4) is 16.5 Å². The van der Waals surface area contributed by atoms with Crippen molar-refractivity contribution in [1.82, 2.24) is 15.3 Å². The Labute approximate surface area is 138 Å². The Morgan fingerprint density at radius 3 is 2.83 bits per heavy atom. The average molecular weight is 325 g/mol. The SMILES string of the molecule is COc1ccccc1C(=O)NCc1csc(-c2ccccn2)n1. The molecule has 23 heavy (non-hydrogen) atoms. The molecule has 0 fully saturated rings. The van der Waals surface area contributed by atoms with Crippen molar-refractivity contribution in [2.45, 2.75) is 6.54 Å². The number of benzene rings is 1. The highest BCUT2D eigenvalue weighted by Gasteiger charge is 2.12. The second-order valence-electron chi connectivity index (χ2n) is 4.74. The van der Waals surface area contributed by atoms with Gasteiger partial charge in [0.1, 0.15) is 10.8 Å². The van der Waals surface area contributed by atoms with Crippen LogP contribution in [0.2, 0.25) is 0 Å². The van der Waals surface area contributed by atoms with Gasteiger partial charge in [0, 0.05) is 11.6 Å². The van der Waals surface area contributed by atoms with Crippen LogP contribution in [0.25, 0.3) is 10.7 Å². The van der Waals surface area contributed by atoms with Crippen molar-refractivity contribution in [2.24, 2.45) is 0 Å². The first kappa shape index (κ1) is 15.2. The van der Waals surface area contributed by atoms with Crippen molar-refractivity contribution in [1.29, 1.82) is 0 Å². The van der Waals surface area contributed by atoms with Crippen molar-refractivity contribution in [3.05, 3.63) is 65.3 Å². The van der Waals surface area contributed by atoms with E-state index in [1.807, 2.05) is 29.6 Å². The van der Waals surface area contributed by atoms with Crippen LogP contribution in [0.4, 0.5) is 0 Å². The summed E-state index contributed by atoms with van der Waals surface area (Å²) in [4.78, 5) is 21.0. The van der Waals surface area contributed by atoms with Gasteiger partial charge in [0.15, 0.2) is 0 Å². The number of hydrogen-bond acceptors (Lipinski definition) is 5. The van der Waals surface area contributed by atoms with E-state index in [-0.39, 0.29) is 5.91 Å². The molecule has 1 N–H and O–H groups in total. The average Bonchev–Trinajstić information content (AvgIpc) is 3.09. The summed E-state index contributed by atoms with van der Waals surface area (Å²) in [7, 11) is 1.55. The van der Waals surface area contributed by atoms with Gasteiger partial charge in [-0.05, 0) is 24.3 Å². The van der Waals surface area contributed by atoms with Gasteiger partial charge in [-0.25, -0.2) is 4.98 Å². The number of amides is 1. The molecule has 0 aliphatic rings. The molecule has 0 spiro atoms. The number of thiazole rings is 1. The first-order chi connectivity index (χ1) is 11.3. The van der Waals surface area contributed by atoms with Gasteiger partial charge in [-0.1, -0.05) is 18.2 Å². The molecule has 0 saturated carbocycles. The third-order valence-corrected chi connectivity index (χ3v) is 4.13. The Kier molecular flexibility index (Phi) is 4.63. The van der Waals surface area contributed by atoms with Gasteiger partial charge in [-0.3, -0.25) is 9.78 Å². The quantitative estimate of drug-likeness (QED) is 0.783. The summed E-state index contributed by atoms with van der Waals surface area (Å²) in [6.45, 7) is 0.361. The van der Waals surface area contributed by atoms with E-state index in [2.05, 4.69) is 15.3 Å². The molecule has 0 unspecified atom stereocenters. The molecule has 1 aromatic carbocycles. The molecule has 0 aliphatic carbocycles. The van der Waals surface area contributed by atoms with E-state index in [1.54, 1.807) is 31.5 Å². The third-order valence-electron chi connectivity index (χ3n) is 3.22. The number of nitrogens with one attached hydrogen (secondary N) is 1. The lowest BCUT2D eigenvalue weighted by Crippen LogP contribution is -2.23. The van der Waals surface area contributed by atoms with Gasteiger partial charge in [0.25, 0.3) is 5.91 Å². The van der Waals surface area contributed by atoms with Gasteiger partial charge < -0.3 is 10.1 Å². The molecule has 3 aromatic rings. The summed E-state index contributed by atoms with van der Waals surface area (Å²) >= 11 is 1.51. The van der Waals surface area contributed by atoms with Crippen LogP contribution in [-0.4, -0.2) is 23.0 Å². The smallest absolute Gasteiger partial charge is 0.255 e. The molecule has 0 aliphatic heterocycles. The maximum atomic E-state index is 12.2. The molecule has 5 nitrogen and oxygen atoms in total. The third kappa shape index (κ3) is 3.54. The van der Waals surface area contributed by atoms with Crippen LogP contribution in [0.3, 0.4) is 0 Å². The number of carbonyl (C=O) groups is 1. The van der Waals surface area contributed by atoms with E-state index >= 15 is 0 Å². The van der Waals surface area contributed by atoms with Crippen molar-refractivity contribution < 1.29 is 9.53 Å². The Morgan fingerprint density at radius 2 is 2.04 bits per heavy atom. The highest BCUT2D eigenvalue weighted by molar-refractivity contribution is 7.13. The van der Waals surface area contributed by atoms with Gasteiger partial charge in [-0.15, -0.1) is 11.3 Å². The summed E-state index contributed by atoms with van der Waals surface area (Å²) in [5.41, 5.74) is 2.15. The van der Waals surface area contributed by atoms with Crippen molar-refractivity contribution in [3.63, 3.8) is 0 Å².